The first-order valence-electron chi connectivity index (χ1n) is 5.22. The first kappa shape index (κ1) is 9.84. The third-order valence-corrected chi connectivity index (χ3v) is 3.59. The zero-order valence-electron chi connectivity index (χ0n) is 8.45. The van der Waals surface area contributed by atoms with E-state index in [1.165, 1.54) is 12.8 Å². The van der Waals surface area contributed by atoms with Crippen LogP contribution in [0.1, 0.15) is 48.7 Å². The molecule has 0 saturated heterocycles. The molecule has 1 fully saturated rings. The van der Waals surface area contributed by atoms with E-state index in [0.717, 1.165) is 30.0 Å². The molecule has 1 aromatic rings. The average molecular weight is 209 g/mol. The fourth-order valence-corrected chi connectivity index (χ4v) is 2.68. The van der Waals surface area contributed by atoms with Crippen molar-refractivity contribution >= 4 is 17.1 Å². The normalized spacial score (nSPS) is 23.5. The molecule has 1 heterocycles. The second kappa shape index (κ2) is 4.22. The Balaban J connectivity index is 2.18. The van der Waals surface area contributed by atoms with Crippen LogP contribution in [0.25, 0.3) is 0 Å². The van der Waals surface area contributed by atoms with E-state index in [9.17, 15) is 4.79 Å². The number of nitrogens with zero attached hydrogens (tertiary/aromatic N) is 1. The lowest BCUT2D eigenvalue weighted by Crippen LogP contribution is -2.10. The van der Waals surface area contributed by atoms with E-state index in [2.05, 4.69) is 4.98 Å². The molecule has 14 heavy (non-hydrogen) atoms. The molecule has 0 bridgehead atoms. The van der Waals surface area contributed by atoms with Crippen molar-refractivity contribution in [1.82, 2.24) is 4.98 Å². The van der Waals surface area contributed by atoms with Gasteiger partial charge in [-0.15, -0.1) is 11.3 Å². The second-order valence-corrected chi connectivity index (χ2v) is 4.97. The Bertz CT molecular complexity index is 332. The maximum Gasteiger partial charge on any atom is 0.141 e. The second-order valence-electron chi connectivity index (χ2n) is 3.91. The summed E-state index contributed by atoms with van der Waals surface area (Å²) in [6, 6.07) is 0. The van der Waals surface area contributed by atoms with Gasteiger partial charge in [-0.1, -0.05) is 12.8 Å². The van der Waals surface area contributed by atoms with Crippen LogP contribution in [-0.2, 0) is 4.79 Å². The molecule has 1 aliphatic rings. The van der Waals surface area contributed by atoms with Gasteiger partial charge in [0, 0.05) is 11.8 Å². The Morgan fingerprint density at radius 1 is 1.43 bits per heavy atom. The SMILES string of the molecule is Cc1nc(C2CCCCCC2=O)cs1. The monoisotopic (exact) mass is 209 g/mol. The molecule has 3 heteroatoms. The van der Waals surface area contributed by atoms with Gasteiger partial charge in [-0.3, -0.25) is 4.79 Å². The maximum absolute atomic E-state index is 11.8. The molecule has 0 N–H and O–H groups in total. The lowest BCUT2D eigenvalue weighted by atomic mass is 9.96. The Labute approximate surface area is 88.4 Å². The summed E-state index contributed by atoms with van der Waals surface area (Å²) in [5.41, 5.74) is 1.01. The van der Waals surface area contributed by atoms with Gasteiger partial charge in [-0.2, -0.15) is 0 Å². The highest BCUT2D eigenvalue weighted by atomic mass is 32.1. The summed E-state index contributed by atoms with van der Waals surface area (Å²) in [6.45, 7) is 2.00. The number of hydrogen-bond donors (Lipinski definition) is 0. The minimum absolute atomic E-state index is 0.0995. The van der Waals surface area contributed by atoms with Crippen molar-refractivity contribution in [2.75, 3.05) is 0 Å². The Morgan fingerprint density at radius 3 is 3.00 bits per heavy atom. The van der Waals surface area contributed by atoms with Gasteiger partial charge in [0.25, 0.3) is 0 Å². The van der Waals surface area contributed by atoms with E-state index in [0.29, 0.717) is 5.78 Å². The van der Waals surface area contributed by atoms with E-state index >= 15 is 0 Å². The van der Waals surface area contributed by atoms with Gasteiger partial charge in [-0.25, -0.2) is 4.98 Å². The molecule has 0 spiro atoms. The quantitative estimate of drug-likeness (QED) is 0.665. The summed E-state index contributed by atoms with van der Waals surface area (Å²) in [7, 11) is 0. The predicted molar refractivity (Wildman–Crippen MR) is 57.7 cm³/mol. The number of aryl methyl sites for hydroxylation is 1. The third-order valence-electron chi connectivity index (χ3n) is 2.80. The van der Waals surface area contributed by atoms with Crippen LogP contribution in [0.5, 0.6) is 0 Å². The summed E-state index contributed by atoms with van der Waals surface area (Å²) in [5, 5.41) is 3.11. The van der Waals surface area contributed by atoms with E-state index in [-0.39, 0.29) is 5.92 Å². The number of rotatable bonds is 1. The number of carbonyl (C=O) groups is 1. The zero-order valence-corrected chi connectivity index (χ0v) is 9.27. The van der Waals surface area contributed by atoms with Crippen LogP contribution in [0.2, 0.25) is 0 Å². The minimum Gasteiger partial charge on any atom is -0.299 e. The van der Waals surface area contributed by atoms with Crippen LogP contribution in [0.3, 0.4) is 0 Å². The number of thiazole rings is 1. The van der Waals surface area contributed by atoms with Gasteiger partial charge in [-0.05, 0) is 19.8 Å². The van der Waals surface area contributed by atoms with E-state index < -0.39 is 0 Å². The molecule has 0 amide bonds. The summed E-state index contributed by atoms with van der Waals surface area (Å²) >= 11 is 1.64. The number of aromatic nitrogens is 1. The van der Waals surface area contributed by atoms with Gasteiger partial charge in [0.1, 0.15) is 5.78 Å². The smallest absolute Gasteiger partial charge is 0.141 e. The third kappa shape index (κ3) is 2.03. The van der Waals surface area contributed by atoms with Crippen molar-refractivity contribution in [1.29, 1.82) is 0 Å². The number of ketones is 1. The van der Waals surface area contributed by atoms with Crippen molar-refractivity contribution < 1.29 is 4.79 Å². The van der Waals surface area contributed by atoms with Crippen LogP contribution in [-0.4, -0.2) is 10.8 Å². The molecule has 2 rings (SSSR count). The van der Waals surface area contributed by atoms with Crippen molar-refractivity contribution in [2.45, 2.75) is 44.9 Å². The van der Waals surface area contributed by atoms with E-state index in [4.69, 9.17) is 0 Å². The molecule has 1 unspecified atom stereocenters. The number of hydrogen-bond acceptors (Lipinski definition) is 3. The number of Topliss-reactive ketones (excluding diaryl/α,β-unsaturated/α-hetero) is 1. The summed E-state index contributed by atoms with van der Waals surface area (Å²) in [4.78, 5) is 16.2. The largest absolute Gasteiger partial charge is 0.299 e. The predicted octanol–water partition coefficient (Wildman–Crippen LogP) is 3.07. The van der Waals surface area contributed by atoms with Gasteiger partial charge >= 0.3 is 0 Å². The fraction of sp³-hybridized carbons (Fsp3) is 0.636. The highest BCUT2D eigenvalue weighted by Gasteiger charge is 2.24. The van der Waals surface area contributed by atoms with Crippen LogP contribution in [0.15, 0.2) is 5.38 Å². The fourth-order valence-electron chi connectivity index (χ4n) is 2.01. The first-order chi connectivity index (χ1) is 6.77. The molecular formula is C11H15NOS. The van der Waals surface area contributed by atoms with Crippen LogP contribution < -0.4 is 0 Å². The lowest BCUT2D eigenvalue weighted by molar-refractivity contribution is -0.120. The zero-order chi connectivity index (χ0) is 9.97. The van der Waals surface area contributed by atoms with E-state index in [1.54, 1.807) is 11.3 Å². The van der Waals surface area contributed by atoms with Crippen molar-refractivity contribution in [2.24, 2.45) is 0 Å². The van der Waals surface area contributed by atoms with E-state index in [1.807, 2.05) is 12.3 Å². The molecule has 0 aliphatic heterocycles. The summed E-state index contributed by atoms with van der Waals surface area (Å²) in [5.74, 6) is 0.496. The number of carbonyl (C=O) groups excluding carboxylic acids is 1. The standard InChI is InChI=1S/C11H15NOS/c1-8-12-10(7-14-8)9-5-3-2-4-6-11(9)13/h7,9H,2-6H2,1H3. The van der Waals surface area contributed by atoms with Gasteiger partial charge in [0.05, 0.1) is 16.6 Å². The highest BCUT2D eigenvalue weighted by molar-refractivity contribution is 7.09. The minimum atomic E-state index is 0.0995. The van der Waals surface area contributed by atoms with Gasteiger partial charge in [0.2, 0.25) is 0 Å². The van der Waals surface area contributed by atoms with Crippen LogP contribution >= 0.6 is 11.3 Å². The van der Waals surface area contributed by atoms with Gasteiger partial charge in [0.15, 0.2) is 0 Å². The molecule has 0 radical (unpaired) electrons. The van der Waals surface area contributed by atoms with Crippen molar-refractivity contribution in [3.05, 3.63) is 16.1 Å². The molecule has 0 aromatic carbocycles. The molecule has 1 saturated carbocycles. The lowest BCUT2D eigenvalue weighted by Gasteiger charge is -2.08. The molecule has 76 valence electrons. The van der Waals surface area contributed by atoms with Gasteiger partial charge < -0.3 is 0 Å². The highest BCUT2D eigenvalue weighted by Crippen LogP contribution is 2.29. The van der Waals surface area contributed by atoms with Crippen molar-refractivity contribution in [3.8, 4) is 0 Å². The Hall–Kier alpha value is -0.700. The van der Waals surface area contributed by atoms with Crippen LogP contribution in [0, 0.1) is 6.92 Å². The molecule has 1 aromatic heterocycles. The Morgan fingerprint density at radius 2 is 2.29 bits per heavy atom. The topological polar surface area (TPSA) is 30.0 Å². The summed E-state index contributed by atoms with van der Waals surface area (Å²) in [6.07, 6.45) is 5.19. The molecule has 1 aliphatic carbocycles. The molecule has 2 nitrogen and oxygen atoms in total. The molecular weight excluding hydrogens is 194 g/mol. The maximum atomic E-state index is 11.8. The average Bonchev–Trinajstić information content (AvgIpc) is 2.46. The summed E-state index contributed by atoms with van der Waals surface area (Å²) < 4.78 is 0. The Kier molecular flexibility index (Phi) is 2.96. The van der Waals surface area contributed by atoms with Crippen LogP contribution in [0.4, 0.5) is 0 Å². The first-order valence-corrected chi connectivity index (χ1v) is 6.10. The molecule has 1 atom stereocenters. The van der Waals surface area contributed by atoms with Crippen molar-refractivity contribution in [3.63, 3.8) is 0 Å².